The van der Waals surface area contributed by atoms with Crippen LogP contribution in [0.5, 0.6) is 11.5 Å². The van der Waals surface area contributed by atoms with Crippen LogP contribution in [0, 0.1) is 12.3 Å². The maximum Gasteiger partial charge on any atom is 0.252 e. The Kier molecular flexibility index (Phi) is 4.30. The topological polar surface area (TPSA) is 47.6 Å². The molecule has 0 fully saturated rings. The Hall–Kier alpha value is -2.15. The molecule has 1 amide bonds. The van der Waals surface area contributed by atoms with Crippen LogP contribution in [0.25, 0.3) is 0 Å². The number of hydrogen-bond acceptors (Lipinski definition) is 3. The van der Waals surface area contributed by atoms with Crippen molar-refractivity contribution in [3.8, 4) is 23.8 Å². The van der Waals surface area contributed by atoms with Gasteiger partial charge in [0.2, 0.25) is 0 Å². The van der Waals surface area contributed by atoms with Crippen LogP contribution in [-0.2, 0) is 0 Å². The Bertz CT molecular complexity index is 505. The molecule has 1 N–H and O–H groups in total. The van der Waals surface area contributed by atoms with Crippen molar-refractivity contribution in [2.75, 3.05) is 13.2 Å². The molecule has 4 heteroatoms. The maximum atomic E-state index is 12.1. The van der Waals surface area contributed by atoms with E-state index < -0.39 is 0 Å². The fourth-order valence-corrected chi connectivity index (χ4v) is 1.91. The van der Waals surface area contributed by atoms with Crippen molar-refractivity contribution in [3.63, 3.8) is 0 Å². The van der Waals surface area contributed by atoms with E-state index in [0.29, 0.717) is 30.3 Å². The highest BCUT2D eigenvalue weighted by Gasteiger charge is 2.16. The minimum Gasteiger partial charge on any atom is -0.486 e. The lowest BCUT2D eigenvalue weighted by Gasteiger charge is -2.19. The molecule has 0 spiro atoms. The number of carbonyl (C=O) groups is 1. The predicted octanol–water partition coefficient (Wildman–Crippen LogP) is 1.99. The van der Waals surface area contributed by atoms with E-state index in [9.17, 15) is 4.79 Å². The second-order valence-corrected chi connectivity index (χ2v) is 4.34. The van der Waals surface area contributed by atoms with Crippen molar-refractivity contribution < 1.29 is 14.3 Å². The van der Waals surface area contributed by atoms with Crippen molar-refractivity contribution in [3.05, 3.63) is 23.8 Å². The largest absolute Gasteiger partial charge is 0.486 e. The number of benzene rings is 1. The maximum absolute atomic E-state index is 12.1. The zero-order valence-corrected chi connectivity index (χ0v) is 10.9. The Balaban J connectivity index is 2.09. The standard InChI is InChI=1S/C15H17NO3/c1-3-5-12(4-2)16-15(17)11-6-7-13-14(10-11)19-9-8-18-13/h2,6-7,10,12H,3,5,8-9H2,1H3,(H,16,17). The minimum absolute atomic E-state index is 0.187. The molecule has 1 aliphatic heterocycles. The molecule has 1 unspecified atom stereocenters. The molecule has 1 atom stereocenters. The predicted molar refractivity (Wildman–Crippen MR) is 72.4 cm³/mol. The molecule has 1 aliphatic rings. The third kappa shape index (κ3) is 3.19. The number of carbonyl (C=O) groups excluding carboxylic acids is 1. The molecule has 1 aromatic rings. The summed E-state index contributed by atoms with van der Waals surface area (Å²) in [7, 11) is 0. The SMILES string of the molecule is C#CC(CCC)NC(=O)c1ccc2c(c1)OCCO2. The fourth-order valence-electron chi connectivity index (χ4n) is 1.91. The Morgan fingerprint density at radius 1 is 1.42 bits per heavy atom. The van der Waals surface area contributed by atoms with E-state index in [1.54, 1.807) is 18.2 Å². The highest BCUT2D eigenvalue weighted by atomic mass is 16.6. The van der Waals surface area contributed by atoms with Crippen LogP contribution >= 0.6 is 0 Å². The lowest BCUT2D eigenvalue weighted by molar-refractivity contribution is 0.0943. The zero-order chi connectivity index (χ0) is 13.7. The van der Waals surface area contributed by atoms with Crippen molar-refractivity contribution in [1.82, 2.24) is 5.32 Å². The number of rotatable bonds is 4. The summed E-state index contributed by atoms with van der Waals surface area (Å²) in [6.07, 6.45) is 7.08. The smallest absolute Gasteiger partial charge is 0.252 e. The number of terminal acetylenes is 1. The molecule has 0 saturated carbocycles. The molecule has 0 radical (unpaired) electrons. The van der Waals surface area contributed by atoms with Gasteiger partial charge in [0.05, 0.1) is 6.04 Å². The quantitative estimate of drug-likeness (QED) is 0.841. The van der Waals surface area contributed by atoms with Gasteiger partial charge >= 0.3 is 0 Å². The Morgan fingerprint density at radius 3 is 2.84 bits per heavy atom. The number of hydrogen-bond donors (Lipinski definition) is 1. The van der Waals surface area contributed by atoms with Crippen molar-refractivity contribution in [1.29, 1.82) is 0 Å². The van der Waals surface area contributed by atoms with Gasteiger partial charge in [-0.25, -0.2) is 0 Å². The fraction of sp³-hybridized carbons (Fsp3) is 0.400. The van der Waals surface area contributed by atoms with E-state index >= 15 is 0 Å². The second kappa shape index (κ2) is 6.14. The van der Waals surface area contributed by atoms with E-state index in [2.05, 4.69) is 11.2 Å². The molecule has 100 valence electrons. The van der Waals surface area contributed by atoms with Crippen LogP contribution in [0.1, 0.15) is 30.1 Å². The molecule has 19 heavy (non-hydrogen) atoms. The molecular formula is C15H17NO3. The first-order valence-electron chi connectivity index (χ1n) is 6.41. The number of fused-ring (bicyclic) bond motifs is 1. The van der Waals surface area contributed by atoms with Gasteiger partial charge < -0.3 is 14.8 Å². The van der Waals surface area contributed by atoms with Crippen molar-refractivity contribution in [2.24, 2.45) is 0 Å². The summed E-state index contributed by atoms with van der Waals surface area (Å²) in [5, 5.41) is 2.82. The molecule has 2 rings (SSSR count). The summed E-state index contributed by atoms with van der Waals surface area (Å²) in [4.78, 5) is 12.1. The summed E-state index contributed by atoms with van der Waals surface area (Å²) in [5.41, 5.74) is 0.528. The molecule has 1 heterocycles. The third-order valence-corrected chi connectivity index (χ3v) is 2.89. The van der Waals surface area contributed by atoms with Crippen LogP contribution in [0.15, 0.2) is 18.2 Å². The van der Waals surface area contributed by atoms with Crippen LogP contribution in [0.4, 0.5) is 0 Å². The highest BCUT2D eigenvalue weighted by Crippen LogP contribution is 2.30. The Labute approximate surface area is 113 Å². The Morgan fingerprint density at radius 2 is 2.16 bits per heavy atom. The van der Waals surface area contributed by atoms with E-state index in [-0.39, 0.29) is 11.9 Å². The van der Waals surface area contributed by atoms with E-state index in [1.807, 2.05) is 6.92 Å². The van der Waals surface area contributed by atoms with Crippen molar-refractivity contribution >= 4 is 5.91 Å². The van der Waals surface area contributed by atoms with Gasteiger partial charge in [0.1, 0.15) is 13.2 Å². The summed E-state index contributed by atoms with van der Waals surface area (Å²) in [5.74, 6) is 3.67. The summed E-state index contributed by atoms with van der Waals surface area (Å²) in [6.45, 7) is 3.07. The van der Waals surface area contributed by atoms with Gasteiger partial charge in [-0.15, -0.1) is 6.42 Å². The molecule has 0 aromatic heterocycles. The first kappa shape index (κ1) is 13.3. The average Bonchev–Trinajstić information content (AvgIpc) is 2.46. The van der Waals surface area contributed by atoms with E-state index in [4.69, 9.17) is 15.9 Å². The molecule has 1 aromatic carbocycles. The highest BCUT2D eigenvalue weighted by molar-refractivity contribution is 5.95. The minimum atomic E-state index is -0.231. The van der Waals surface area contributed by atoms with Gasteiger partial charge in [-0.05, 0) is 24.6 Å². The lowest BCUT2D eigenvalue weighted by atomic mass is 10.1. The van der Waals surface area contributed by atoms with Gasteiger partial charge in [-0.1, -0.05) is 19.3 Å². The number of amides is 1. The van der Waals surface area contributed by atoms with Gasteiger partial charge in [-0.3, -0.25) is 4.79 Å². The first-order valence-corrected chi connectivity index (χ1v) is 6.41. The molecule has 0 saturated heterocycles. The zero-order valence-electron chi connectivity index (χ0n) is 10.9. The molecular weight excluding hydrogens is 242 g/mol. The van der Waals surface area contributed by atoms with E-state index in [1.165, 1.54) is 0 Å². The summed E-state index contributed by atoms with van der Waals surface area (Å²) < 4.78 is 10.9. The van der Waals surface area contributed by atoms with E-state index in [0.717, 1.165) is 12.8 Å². The average molecular weight is 259 g/mol. The van der Waals surface area contributed by atoms with Crippen LogP contribution in [0.3, 0.4) is 0 Å². The van der Waals surface area contributed by atoms with Crippen molar-refractivity contribution in [2.45, 2.75) is 25.8 Å². The third-order valence-electron chi connectivity index (χ3n) is 2.89. The first-order chi connectivity index (χ1) is 9.24. The molecule has 0 bridgehead atoms. The van der Waals surface area contributed by atoms with Crippen LogP contribution in [-0.4, -0.2) is 25.2 Å². The normalized spacial score (nSPS) is 14.3. The monoisotopic (exact) mass is 259 g/mol. The van der Waals surface area contributed by atoms with Crippen LogP contribution < -0.4 is 14.8 Å². The van der Waals surface area contributed by atoms with Gasteiger partial charge in [0.25, 0.3) is 5.91 Å². The van der Waals surface area contributed by atoms with Crippen LogP contribution in [0.2, 0.25) is 0 Å². The van der Waals surface area contributed by atoms with Gasteiger partial charge in [0, 0.05) is 5.56 Å². The lowest BCUT2D eigenvalue weighted by Crippen LogP contribution is -2.33. The van der Waals surface area contributed by atoms with Gasteiger partial charge in [0.15, 0.2) is 11.5 Å². The summed E-state index contributed by atoms with van der Waals surface area (Å²) in [6, 6.07) is 4.91. The van der Waals surface area contributed by atoms with Gasteiger partial charge in [-0.2, -0.15) is 0 Å². The number of nitrogens with one attached hydrogen (secondary N) is 1. The second-order valence-electron chi connectivity index (χ2n) is 4.34. The number of ether oxygens (including phenoxy) is 2. The summed E-state index contributed by atoms with van der Waals surface area (Å²) >= 11 is 0. The molecule has 4 nitrogen and oxygen atoms in total. The molecule has 0 aliphatic carbocycles.